The van der Waals surface area contributed by atoms with Gasteiger partial charge in [-0.05, 0) is 13.0 Å². The largest absolute Gasteiger partial charge is 0.363 e. The topological polar surface area (TPSA) is 48.7 Å². The molecule has 1 heterocycles. The lowest BCUT2D eigenvalue weighted by Crippen LogP contribution is -2.13. The SMILES string of the molecule is C=CC(C)Nc1nccc(C#N)c1Cl. The van der Waals surface area contributed by atoms with Crippen molar-refractivity contribution in [2.45, 2.75) is 13.0 Å². The molecular formula is C10H10ClN3. The number of nitrogens with one attached hydrogen (secondary N) is 1. The monoisotopic (exact) mass is 207 g/mol. The number of hydrogen-bond donors (Lipinski definition) is 1. The van der Waals surface area contributed by atoms with Gasteiger partial charge in [-0.15, -0.1) is 6.58 Å². The fourth-order valence-corrected chi connectivity index (χ4v) is 1.11. The molecule has 1 aromatic heterocycles. The lowest BCUT2D eigenvalue weighted by molar-refractivity contribution is 0.983. The summed E-state index contributed by atoms with van der Waals surface area (Å²) < 4.78 is 0. The van der Waals surface area contributed by atoms with Gasteiger partial charge in [-0.1, -0.05) is 17.7 Å². The zero-order chi connectivity index (χ0) is 10.6. The van der Waals surface area contributed by atoms with Crippen molar-refractivity contribution in [2.24, 2.45) is 0 Å². The Morgan fingerprint density at radius 3 is 3.07 bits per heavy atom. The van der Waals surface area contributed by atoms with E-state index in [1.807, 2.05) is 13.0 Å². The minimum atomic E-state index is 0.0638. The van der Waals surface area contributed by atoms with Gasteiger partial charge in [0.2, 0.25) is 0 Å². The van der Waals surface area contributed by atoms with Crippen molar-refractivity contribution in [3.8, 4) is 6.07 Å². The highest BCUT2D eigenvalue weighted by atomic mass is 35.5. The summed E-state index contributed by atoms with van der Waals surface area (Å²) in [5, 5.41) is 12.1. The van der Waals surface area contributed by atoms with Crippen molar-refractivity contribution in [1.82, 2.24) is 4.98 Å². The molecule has 0 aliphatic heterocycles. The van der Waals surface area contributed by atoms with Gasteiger partial charge in [-0.25, -0.2) is 4.98 Å². The standard InChI is InChI=1S/C10H10ClN3/c1-3-7(2)14-10-9(11)8(6-12)4-5-13-10/h3-5,7H,1H2,2H3,(H,13,14). The van der Waals surface area contributed by atoms with Crippen LogP contribution in [0.3, 0.4) is 0 Å². The summed E-state index contributed by atoms with van der Waals surface area (Å²) in [6.45, 7) is 5.55. The molecule has 3 nitrogen and oxygen atoms in total. The van der Waals surface area contributed by atoms with E-state index in [0.717, 1.165) is 0 Å². The van der Waals surface area contributed by atoms with Gasteiger partial charge in [0.15, 0.2) is 0 Å². The second-order valence-electron chi connectivity index (χ2n) is 2.80. The van der Waals surface area contributed by atoms with Gasteiger partial charge >= 0.3 is 0 Å². The van der Waals surface area contributed by atoms with Gasteiger partial charge < -0.3 is 5.32 Å². The highest BCUT2D eigenvalue weighted by Gasteiger charge is 2.07. The van der Waals surface area contributed by atoms with Crippen molar-refractivity contribution in [1.29, 1.82) is 5.26 Å². The van der Waals surface area contributed by atoms with E-state index in [2.05, 4.69) is 16.9 Å². The second kappa shape index (κ2) is 4.64. The fraction of sp³-hybridized carbons (Fsp3) is 0.200. The molecule has 0 radical (unpaired) electrons. The Kier molecular flexibility index (Phi) is 3.49. The average molecular weight is 208 g/mol. The van der Waals surface area contributed by atoms with E-state index in [1.54, 1.807) is 18.3 Å². The summed E-state index contributed by atoms with van der Waals surface area (Å²) in [7, 11) is 0. The number of hydrogen-bond acceptors (Lipinski definition) is 3. The molecule has 0 saturated heterocycles. The van der Waals surface area contributed by atoms with Crippen LogP contribution in [0.1, 0.15) is 12.5 Å². The first-order chi connectivity index (χ1) is 6.69. The van der Waals surface area contributed by atoms with Gasteiger partial charge in [0.1, 0.15) is 16.9 Å². The lowest BCUT2D eigenvalue weighted by Gasteiger charge is -2.11. The predicted octanol–water partition coefficient (Wildman–Crippen LogP) is 2.59. The van der Waals surface area contributed by atoms with Gasteiger partial charge in [0.05, 0.1) is 5.56 Å². The minimum Gasteiger partial charge on any atom is -0.363 e. The molecule has 1 N–H and O–H groups in total. The maximum Gasteiger partial charge on any atom is 0.146 e. The quantitative estimate of drug-likeness (QED) is 0.776. The molecule has 0 spiro atoms. The zero-order valence-electron chi connectivity index (χ0n) is 7.79. The van der Waals surface area contributed by atoms with Crippen molar-refractivity contribution < 1.29 is 0 Å². The van der Waals surface area contributed by atoms with E-state index in [-0.39, 0.29) is 6.04 Å². The molecule has 4 heteroatoms. The van der Waals surface area contributed by atoms with E-state index in [0.29, 0.717) is 16.4 Å². The number of rotatable bonds is 3. The highest BCUT2D eigenvalue weighted by molar-refractivity contribution is 6.34. The third-order valence-electron chi connectivity index (χ3n) is 1.73. The summed E-state index contributed by atoms with van der Waals surface area (Å²) in [4.78, 5) is 4.03. The van der Waals surface area contributed by atoms with Crippen LogP contribution in [0.2, 0.25) is 5.02 Å². The molecule has 0 aliphatic carbocycles. The van der Waals surface area contributed by atoms with Crippen LogP contribution in [0.15, 0.2) is 24.9 Å². The first-order valence-corrected chi connectivity index (χ1v) is 4.50. The Bertz CT molecular complexity index is 381. The van der Waals surface area contributed by atoms with Crippen LogP contribution in [0, 0.1) is 11.3 Å². The molecule has 0 aromatic carbocycles. The third kappa shape index (κ3) is 2.24. The Morgan fingerprint density at radius 1 is 1.79 bits per heavy atom. The molecule has 1 unspecified atom stereocenters. The maximum absolute atomic E-state index is 8.72. The normalized spacial score (nSPS) is 11.5. The Morgan fingerprint density at radius 2 is 2.50 bits per heavy atom. The van der Waals surface area contributed by atoms with Crippen LogP contribution >= 0.6 is 11.6 Å². The number of nitrogens with zero attached hydrogens (tertiary/aromatic N) is 2. The summed E-state index contributed by atoms with van der Waals surface area (Å²) in [5.74, 6) is 0.512. The summed E-state index contributed by atoms with van der Waals surface area (Å²) >= 11 is 5.93. The van der Waals surface area contributed by atoms with E-state index < -0.39 is 0 Å². The Hall–Kier alpha value is -1.53. The molecule has 1 aromatic rings. The molecule has 0 fully saturated rings. The second-order valence-corrected chi connectivity index (χ2v) is 3.18. The first-order valence-electron chi connectivity index (χ1n) is 4.12. The van der Waals surface area contributed by atoms with Crippen LogP contribution in [0.25, 0.3) is 0 Å². The maximum atomic E-state index is 8.72. The third-order valence-corrected chi connectivity index (χ3v) is 2.11. The summed E-state index contributed by atoms with van der Waals surface area (Å²) in [5.41, 5.74) is 0.417. The van der Waals surface area contributed by atoms with Crippen LogP contribution in [-0.4, -0.2) is 11.0 Å². The van der Waals surface area contributed by atoms with E-state index in [9.17, 15) is 0 Å². The Balaban J connectivity index is 2.99. The van der Waals surface area contributed by atoms with Gasteiger partial charge in [0.25, 0.3) is 0 Å². The van der Waals surface area contributed by atoms with Crippen molar-refractivity contribution >= 4 is 17.4 Å². The lowest BCUT2D eigenvalue weighted by atomic mass is 10.2. The smallest absolute Gasteiger partial charge is 0.146 e. The zero-order valence-corrected chi connectivity index (χ0v) is 8.54. The van der Waals surface area contributed by atoms with Gasteiger partial charge in [-0.3, -0.25) is 0 Å². The predicted molar refractivity (Wildman–Crippen MR) is 57.2 cm³/mol. The van der Waals surface area contributed by atoms with Crippen LogP contribution in [0.4, 0.5) is 5.82 Å². The molecule has 72 valence electrons. The molecule has 1 atom stereocenters. The molecule has 0 saturated carbocycles. The first kappa shape index (κ1) is 10.6. The fourth-order valence-electron chi connectivity index (χ4n) is 0.905. The Labute approximate surface area is 88.0 Å². The van der Waals surface area contributed by atoms with E-state index in [4.69, 9.17) is 16.9 Å². The van der Waals surface area contributed by atoms with Crippen LogP contribution in [0.5, 0.6) is 0 Å². The number of nitriles is 1. The van der Waals surface area contributed by atoms with Crippen molar-refractivity contribution in [2.75, 3.05) is 5.32 Å². The highest BCUT2D eigenvalue weighted by Crippen LogP contribution is 2.23. The minimum absolute atomic E-state index is 0.0638. The van der Waals surface area contributed by atoms with Gasteiger partial charge in [0, 0.05) is 12.2 Å². The van der Waals surface area contributed by atoms with E-state index in [1.165, 1.54) is 0 Å². The van der Waals surface area contributed by atoms with Crippen LogP contribution < -0.4 is 5.32 Å². The molecule has 0 bridgehead atoms. The molecule has 0 amide bonds. The van der Waals surface area contributed by atoms with Crippen LogP contribution in [-0.2, 0) is 0 Å². The molecule has 14 heavy (non-hydrogen) atoms. The van der Waals surface area contributed by atoms with Crippen molar-refractivity contribution in [3.05, 3.63) is 35.5 Å². The molecular weight excluding hydrogens is 198 g/mol. The molecule has 1 rings (SSSR count). The molecule has 0 aliphatic rings. The number of halogens is 1. The average Bonchev–Trinajstić information content (AvgIpc) is 2.21. The number of anilines is 1. The van der Waals surface area contributed by atoms with E-state index >= 15 is 0 Å². The summed E-state index contributed by atoms with van der Waals surface area (Å²) in [6.07, 6.45) is 3.28. The summed E-state index contributed by atoms with van der Waals surface area (Å²) in [6, 6.07) is 3.63. The number of pyridine rings is 1. The number of aromatic nitrogens is 1. The van der Waals surface area contributed by atoms with Gasteiger partial charge in [-0.2, -0.15) is 5.26 Å². The van der Waals surface area contributed by atoms with Crippen molar-refractivity contribution in [3.63, 3.8) is 0 Å².